The van der Waals surface area contributed by atoms with Crippen LogP contribution >= 0.6 is 0 Å². The maximum absolute atomic E-state index is 12.9. The number of halogens is 3. The van der Waals surface area contributed by atoms with Gasteiger partial charge in [0.25, 0.3) is 5.69 Å². The van der Waals surface area contributed by atoms with E-state index in [0.717, 1.165) is 18.2 Å². The summed E-state index contributed by atoms with van der Waals surface area (Å²) >= 11 is 0. The molecule has 1 saturated heterocycles. The van der Waals surface area contributed by atoms with Gasteiger partial charge >= 0.3 is 6.18 Å². The van der Waals surface area contributed by atoms with Gasteiger partial charge in [-0.25, -0.2) is 8.42 Å². The first kappa shape index (κ1) is 21.1. The Balaban J connectivity index is 1.77. The molecule has 0 amide bonds. The highest BCUT2D eigenvalue weighted by atomic mass is 32.2. The maximum atomic E-state index is 12.9. The lowest BCUT2D eigenvalue weighted by atomic mass is 10.1. The molecule has 1 fully saturated rings. The summed E-state index contributed by atoms with van der Waals surface area (Å²) in [5.74, 6) is 0. The fourth-order valence-corrected chi connectivity index (χ4v) is 4.60. The van der Waals surface area contributed by atoms with Crippen LogP contribution < -0.4 is 4.90 Å². The predicted octanol–water partition coefficient (Wildman–Crippen LogP) is 3.43. The molecule has 0 aromatic heterocycles. The Morgan fingerprint density at radius 3 is 2.28 bits per heavy atom. The maximum Gasteiger partial charge on any atom is 0.416 e. The zero-order valence-corrected chi connectivity index (χ0v) is 16.2. The molecule has 0 bridgehead atoms. The van der Waals surface area contributed by atoms with Crippen LogP contribution in [-0.2, 0) is 16.2 Å². The van der Waals surface area contributed by atoms with Crippen molar-refractivity contribution < 1.29 is 26.5 Å². The van der Waals surface area contributed by atoms with Crippen molar-refractivity contribution in [3.8, 4) is 0 Å². The highest BCUT2D eigenvalue weighted by Gasteiger charge is 2.33. The molecule has 0 saturated carbocycles. The van der Waals surface area contributed by atoms with Crippen molar-refractivity contribution in [3.05, 3.63) is 63.7 Å². The summed E-state index contributed by atoms with van der Waals surface area (Å²) in [4.78, 5) is 11.9. The first-order chi connectivity index (χ1) is 13.5. The number of piperazine rings is 1. The molecule has 2 aromatic carbocycles. The number of benzene rings is 2. The lowest BCUT2D eigenvalue weighted by Crippen LogP contribution is -2.48. The standard InChI is InChI=1S/C18H18F3N3O4S/c1-13-5-6-16(12-17(13)24(25)26)29(27,28)23-9-7-22(8-10-23)15-4-2-3-14(11-15)18(19,20)21/h2-6,11-12H,7-10H2,1H3. The molecule has 0 spiro atoms. The molecule has 0 aliphatic carbocycles. The zero-order chi connectivity index (χ0) is 21.4. The molecular formula is C18H18F3N3O4S. The minimum Gasteiger partial charge on any atom is -0.369 e. The topological polar surface area (TPSA) is 83.8 Å². The Morgan fingerprint density at radius 2 is 1.69 bits per heavy atom. The molecule has 0 N–H and O–H groups in total. The van der Waals surface area contributed by atoms with Crippen LogP contribution in [-0.4, -0.2) is 43.8 Å². The van der Waals surface area contributed by atoms with Gasteiger partial charge < -0.3 is 4.90 Å². The highest BCUT2D eigenvalue weighted by Crippen LogP contribution is 2.32. The van der Waals surface area contributed by atoms with Crippen molar-refractivity contribution in [2.24, 2.45) is 0 Å². The minimum absolute atomic E-state index is 0.0558. The predicted molar refractivity (Wildman–Crippen MR) is 100 cm³/mol. The second kappa shape index (κ2) is 7.64. The Kier molecular flexibility index (Phi) is 5.54. The number of aryl methyl sites for hydroxylation is 1. The van der Waals surface area contributed by atoms with Gasteiger partial charge in [0, 0.05) is 43.5 Å². The van der Waals surface area contributed by atoms with Crippen LogP contribution in [0.25, 0.3) is 0 Å². The largest absolute Gasteiger partial charge is 0.416 e. The van der Waals surface area contributed by atoms with Crippen LogP contribution in [0, 0.1) is 17.0 Å². The number of hydrogen-bond donors (Lipinski definition) is 0. The van der Waals surface area contributed by atoms with Crippen molar-refractivity contribution in [1.29, 1.82) is 0 Å². The number of nitro benzene ring substituents is 1. The molecule has 11 heteroatoms. The van der Waals surface area contributed by atoms with Gasteiger partial charge in [0.1, 0.15) is 0 Å². The van der Waals surface area contributed by atoms with Crippen molar-refractivity contribution >= 4 is 21.4 Å². The highest BCUT2D eigenvalue weighted by molar-refractivity contribution is 7.89. The van der Waals surface area contributed by atoms with Gasteiger partial charge in [-0.3, -0.25) is 10.1 Å². The normalized spacial score (nSPS) is 16.1. The minimum atomic E-state index is -4.46. The van der Waals surface area contributed by atoms with Gasteiger partial charge in [-0.15, -0.1) is 0 Å². The summed E-state index contributed by atoms with van der Waals surface area (Å²) in [6, 6.07) is 8.60. The van der Waals surface area contributed by atoms with Gasteiger partial charge in [-0.05, 0) is 31.2 Å². The average Bonchev–Trinajstić information content (AvgIpc) is 2.67. The summed E-state index contributed by atoms with van der Waals surface area (Å²) in [5.41, 5.74) is -0.336. The fourth-order valence-electron chi connectivity index (χ4n) is 3.16. The smallest absolute Gasteiger partial charge is 0.369 e. The number of sulfonamides is 1. The van der Waals surface area contributed by atoms with Crippen LogP contribution in [0.1, 0.15) is 11.1 Å². The molecule has 0 unspecified atom stereocenters. The number of alkyl halides is 3. The monoisotopic (exact) mass is 429 g/mol. The molecular weight excluding hydrogens is 411 g/mol. The SMILES string of the molecule is Cc1ccc(S(=O)(=O)N2CCN(c3cccc(C(F)(F)F)c3)CC2)cc1[N+](=O)[O-]. The molecule has 7 nitrogen and oxygen atoms in total. The zero-order valence-electron chi connectivity index (χ0n) is 15.4. The van der Waals surface area contributed by atoms with E-state index < -0.39 is 26.7 Å². The van der Waals surface area contributed by atoms with E-state index in [9.17, 15) is 31.7 Å². The van der Waals surface area contributed by atoms with Crippen LogP contribution in [0.4, 0.5) is 24.5 Å². The van der Waals surface area contributed by atoms with Crippen molar-refractivity contribution in [2.45, 2.75) is 18.0 Å². The molecule has 156 valence electrons. The van der Waals surface area contributed by atoms with E-state index in [0.29, 0.717) is 11.3 Å². The quantitative estimate of drug-likeness (QED) is 0.549. The summed E-state index contributed by atoms with van der Waals surface area (Å²) in [7, 11) is -3.95. The molecule has 0 atom stereocenters. The van der Waals surface area contributed by atoms with Crippen molar-refractivity contribution in [3.63, 3.8) is 0 Å². The molecule has 1 aliphatic heterocycles. The van der Waals surface area contributed by atoms with E-state index in [4.69, 9.17) is 0 Å². The van der Waals surface area contributed by atoms with Gasteiger partial charge in [-0.2, -0.15) is 17.5 Å². The first-order valence-corrected chi connectivity index (χ1v) is 10.1. The Morgan fingerprint density at radius 1 is 1.03 bits per heavy atom. The van der Waals surface area contributed by atoms with Crippen molar-refractivity contribution in [2.75, 3.05) is 31.1 Å². The van der Waals surface area contributed by atoms with Gasteiger partial charge in [0.15, 0.2) is 0 Å². The number of hydrogen-bond acceptors (Lipinski definition) is 5. The number of anilines is 1. The summed E-state index contributed by atoms with van der Waals surface area (Å²) in [6.07, 6.45) is -4.46. The molecule has 3 rings (SSSR count). The van der Waals surface area contributed by atoms with E-state index in [1.807, 2.05) is 0 Å². The molecule has 29 heavy (non-hydrogen) atoms. The summed E-state index contributed by atoms with van der Waals surface area (Å²) < 4.78 is 65.6. The van der Waals surface area contributed by atoms with Crippen molar-refractivity contribution in [1.82, 2.24) is 4.31 Å². The van der Waals surface area contributed by atoms with E-state index in [-0.39, 0.29) is 36.8 Å². The van der Waals surface area contributed by atoms with E-state index in [1.165, 1.54) is 29.4 Å². The summed E-state index contributed by atoms with van der Waals surface area (Å²) in [6.45, 7) is 2.03. The van der Waals surface area contributed by atoms with Gasteiger partial charge in [-0.1, -0.05) is 12.1 Å². The Hall–Kier alpha value is -2.66. The first-order valence-electron chi connectivity index (χ1n) is 8.67. The van der Waals surface area contributed by atoms with Gasteiger partial charge in [0.05, 0.1) is 15.4 Å². The molecule has 1 heterocycles. The molecule has 1 aliphatic rings. The number of nitrogens with zero attached hydrogens (tertiary/aromatic N) is 3. The third-order valence-electron chi connectivity index (χ3n) is 4.79. The number of rotatable bonds is 4. The van der Waals surface area contributed by atoms with Crippen LogP contribution in [0.5, 0.6) is 0 Å². The lowest BCUT2D eigenvalue weighted by Gasteiger charge is -2.35. The third-order valence-corrected chi connectivity index (χ3v) is 6.69. The Labute approximate surface area is 165 Å². The van der Waals surface area contributed by atoms with Gasteiger partial charge in [0.2, 0.25) is 10.0 Å². The molecule has 2 aromatic rings. The van der Waals surface area contributed by atoms with E-state index in [1.54, 1.807) is 11.0 Å². The second-order valence-electron chi connectivity index (χ2n) is 6.64. The number of nitro groups is 1. The average molecular weight is 429 g/mol. The molecule has 0 radical (unpaired) electrons. The fraction of sp³-hybridized carbons (Fsp3) is 0.333. The lowest BCUT2D eigenvalue weighted by molar-refractivity contribution is -0.385. The van der Waals surface area contributed by atoms with Crippen LogP contribution in [0.3, 0.4) is 0 Å². The third kappa shape index (κ3) is 4.35. The van der Waals surface area contributed by atoms with Crippen LogP contribution in [0.15, 0.2) is 47.4 Å². The summed E-state index contributed by atoms with van der Waals surface area (Å²) in [5, 5.41) is 11.1. The Bertz CT molecular complexity index is 1030. The van der Waals surface area contributed by atoms with E-state index >= 15 is 0 Å². The second-order valence-corrected chi connectivity index (χ2v) is 8.58. The van der Waals surface area contributed by atoms with Crippen LogP contribution in [0.2, 0.25) is 0 Å². The van der Waals surface area contributed by atoms with E-state index in [2.05, 4.69) is 0 Å².